The number of nitrogens with zero attached hydrogens (tertiary/aromatic N) is 2. The molecule has 0 spiro atoms. The number of imidazole rings is 1. The second-order valence-electron chi connectivity index (χ2n) is 3.44. The van der Waals surface area contributed by atoms with Crippen molar-refractivity contribution in [1.82, 2.24) is 9.55 Å². The highest BCUT2D eigenvalue weighted by Crippen LogP contribution is 2.24. The molecule has 17 heavy (non-hydrogen) atoms. The maximum atomic E-state index is 13.1. The number of halogens is 3. The zero-order chi connectivity index (χ0) is 12.4. The minimum Gasteiger partial charge on any atom is -0.390 e. The molecule has 0 fully saturated rings. The van der Waals surface area contributed by atoms with E-state index in [0.29, 0.717) is 11.4 Å². The molecule has 0 saturated heterocycles. The Morgan fingerprint density at radius 1 is 1.35 bits per heavy atom. The van der Waals surface area contributed by atoms with Crippen LogP contribution in [0.5, 0.6) is 0 Å². The number of benzene rings is 1. The van der Waals surface area contributed by atoms with E-state index >= 15 is 0 Å². The third-order valence-corrected chi connectivity index (χ3v) is 2.31. The van der Waals surface area contributed by atoms with E-state index in [1.165, 1.54) is 23.2 Å². The molecule has 6 heteroatoms. The first-order chi connectivity index (χ1) is 8.11. The SMILES string of the molecule is OCc1cn(-c2ccc(F)c(C(F)F)c2)cn1. The number of hydrogen-bond acceptors (Lipinski definition) is 2. The van der Waals surface area contributed by atoms with Gasteiger partial charge in [-0.05, 0) is 18.2 Å². The van der Waals surface area contributed by atoms with Gasteiger partial charge in [-0.3, -0.25) is 0 Å². The van der Waals surface area contributed by atoms with Gasteiger partial charge in [0, 0.05) is 11.9 Å². The van der Waals surface area contributed by atoms with E-state index in [4.69, 9.17) is 5.11 Å². The number of hydrogen-bond donors (Lipinski definition) is 1. The normalized spacial score (nSPS) is 11.1. The summed E-state index contributed by atoms with van der Waals surface area (Å²) < 4.78 is 39.5. The van der Waals surface area contributed by atoms with Crippen molar-refractivity contribution < 1.29 is 18.3 Å². The van der Waals surface area contributed by atoms with E-state index in [0.717, 1.165) is 12.1 Å². The van der Waals surface area contributed by atoms with E-state index in [1.54, 1.807) is 0 Å². The maximum Gasteiger partial charge on any atom is 0.266 e. The summed E-state index contributed by atoms with van der Waals surface area (Å²) in [5.41, 5.74) is 0.128. The van der Waals surface area contributed by atoms with Crippen LogP contribution in [0, 0.1) is 5.82 Å². The van der Waals surface area contributed by atoms with Crippen molar-refractivity contribution in [1.29, 1.82) is 0 Å². The van der Waals surface area contributed by atoms with Crippen LogP contribution in [0.1, 0.15) is 17.7 Å². The molecule has 0 amide bonds. The first-order valence-corrected chi connectivity index (χ1v) is 4.83. The first-order valence-electron chi connectivity index (χ1n) is 4.83. The minimum absolute atomic E-state index is 0.240. The number of aliphatic hydroxyl groups excluding tert-OH is 1. The molecule has 90 valence electrons. The summed E-state index contributed by atoms with van der Waals surface area (Å²) in [6.45, 7) is -0.240. The molecule has 1 N–H and O–H groups in total. The Morgan fingerprint density at radius 2 is 2.12 bits per heavy atom. The van der Waals surface area contributed by atoms with Crippen LogP contribution in [0.4, 0.5) is 13.2 Å². The van der Waals surface area contributed by atoms with Crippen molar-refractivity contribution in [3.63, 3.8) is 0 Å². The predicted octanol–water partition coefficient (Wildman–Crippen LogP) is 2.44. The zero-order valence-corrected chi connectivity index (χ0v) is 8.65. The molecule has 0 bridgehead atoms. The quantitative estimate of drug-likeness (QED) is 0.897. The van der Waals surface area contributed by atoms with Crippen LogP contribution < -0.4 is 0 Å². The molecular formula is C11H9F3N2O. The van der Waals surface area contributed by atoms with Crippen LogP contribution in [-0.4, -0.2) is 14.7 Å². The molecule has 1 aromatic carbocycles. The molecule has 0 unspecified atom stereocenters. The lowest BCUT2D eigenvalue weighted by atomic mass is 10.2. The maximum absolute atomic E-state index is 13.1. The Bertz CT molecular complexity index is 525. The van der Waals surface area contributed by atoms with Crippen LogP contribution in [0.2, 0.25) is 0 Å². The zero-order valence-electron chi connectivity index (χ0n) is 8.65. The lowest BCUT2D eigenvalue weighted by molar-refractivity contribution is 0.146. The summed E-state index contributed by atoms with van der Waals surface area (Å²) in [6, 6.07) is 3.41. The van der Waals surface area contributed by atoms with Gasteiger partial charge < -0.3 is 9.67 Å². The molecule has 2 aromatic rings. The molecule has 0 saturated carbocycles. The highest BCUT2D eigenvalue weighted by molar-refractivity contribution is 5.37. The van der Waals surface area contributed by atoms with E-state index < -0.39 is 17.8 Å². The average molecular weight is 242 g/mol. The Morgan fingerprint density at radius 3 is 2.71 bits per heavy atom. The van der Waals surface area contributed by atoms with Gasteiger partial charge in [0.15, 0.2) is 0 Å². The average Bonchev–Trinajstić information content (AvgIpc) is 2.78. The fourth-order valence-electron chi connectivity index (χ4n) is 1.45. The highest BCUT2D eigenvalue weighted by Gasteiger charge is 2.14. The second-order valence-corrected chi connectivity index (χ2v) is 3.44. The Labute approximate surface area is 95.1 Å². The number of aromatic nitrogens is 2. The van der Waals surface area contributed by atoms with Gasteiger partial charge in [0.2, 0.25) is 0 Å². The van der Waals surface area contributed by atoms with E-state index in [-0.39, 0.29) is 6.61 Å². The summed E-state index contributed by atoms with van der Waals surface area (Å²) in [7, 11) is 0. The molecule has 3 nitrogen and oxygen atoms in total. The van der Waals surface area contributed by atoms with Crippen molar-refractivity contribution in [3.8, 4) is 5.69 Å². The third kappa shape index (κ3) is 2.31. The third-order valence-electron chi connectivity index (χ3n) is 2.31. The standard InChI is InChI=1S/C11H9F3N2O/c12-10-2-1-8(3-9(10)11(13)14)16-4-7(5-17)15-6-16/h1-4,6,11,17H,5H2. The van der Waals surface area contributed by atoms with Crippen LogP contribution in [0.3, 0.4) is 0 Å². The van der Waals surface area contributed by atoms with E-state index in [9.17, 15) is 13.2 Å². The molecule has 0 aliphatic rings. The van der Waals surface area contributed by atoms with Crippen LogP contribution in [0.25, 0.3) is 5.69 Å². The van der Waals surface area contributed by atoms with Crippen molar-refractivity contribution in [2.24, 2.45) is 0 Å². The largest absolute Gasteiger partial charge is 0.390 e. The van der Waals surface area contributed by atoms with Gasteiger partial charge in [0.1, 0.15) is 5.82 Å². The lowest BCUT2D eigenvalue weighted by Crippen LogP contribution is -1.96. The van der Waals surface area contributed by atoms with E-state index in [1.807, 2.05) is 0 Å². The van der Waals surface area contributed by atoms with Crippen molar-refractivity contribution in [3.05, 3.63) is 47.8 Å². The second kappa shape index (κ2) is 4.58. The predicted molar refractivity (Wildman–Crippen MR) is 54.4 cm³/mol. The first kappa shape index (κ1) is 11.7. The topological polar surface area (TPSA) is 38.0 Å². The van der Waals surface area contributed by atoms with Crippen molar-refractivity contribution in [2.75, 3.05) is 0 Å². The summed E-state index contributed by atoms with van der Waals surface area (Å²) in [5.74, 6) is -0.939. The van der Waals surface area contributed by atoms with Crippen molar-refractivity contribution in [2.45, 2.75) is 13.0 Å². The lowest BCUT2D eigenvalue weighted by Gasteiger charge is -2.06. The Balaban J connectivity index is 2.42. The minimum atomic E-state index is -2.87. The van der Waals surface area contributed by atoms with Gasteiger partial charge in [0.05, 0.1) is 24.2 Å². The summed E-state index contributed by atoms with van der Waals surface area (Å²) in [4.78, 5) is 3.84. The van der Waals surface area contributed by atoms with Gasteiger partial charge in [-0.25, -0.2) is 18.2 Å². The molecular weight excluding hydrogens is 233 g/mol. The van der Waals surface area contributed by atoms with Gasteiger partial charge in [-0.2, -0.15) is 0 Å². The molecule has 0 atom stereocenters. The van der Waals surface area contributed by atoms with Gasteiger partial charge in [-0.1, -0.05) is 0 Å². The van der Waals surface area contributed by atoms with Gasteiger partial charge in [0.25, 0.3) is 6.43 Å². The number of rotatable bonds is 3. The molecule has 1 heterocycles. The molecule has 0 aliphatic heterocycles. The molecule has 2 rings (SSSR count). The van der Waals surface area contributed by atoms with Crippen LogP contribution >= 0.6 is 0 Å². The monoisotopic (exact) mass is 242 g/mol. The fourth-order valence-corrected chi connectivity index (χ4v) is 1.45. The summed E-state index contributed by atoms with van der Waals surface area (Å²) >= 11 is 0. The Hall–Kier alpha value is -1.82. The molecule has 1 aromatic heterocycles. The van der Waals surface area contributed by atoms with Crippen LogP contribution in [0.15, 0.2) is 30.7 Å². The number of aliphatic hydroxyl groups is 1. The fraction of sp³-hybridized carbons (Fsp3) is 0.182. The van der Waals surface area contributed by atoms with Crippen LogP contribution in [-0.2, 0) is 6.61 Å². The smallest absolute Gasteiger partial charge is 0.266 e. The Kier molecular flexibility index (Phi) is 3.14. The number of alkyl halides is 2. The summed E-state index contributed by atoms with van der Waals surface area (Å²) in [5, 5.41) is 8.83. The summed E-state index contributed by atoms with van der Waals surface area (Å²) in [6.07, 6.45) is -0.00735. The van der Waals surface area contributed by atoms with Gasteiger partial charge in [-0.15, -0.1) is 0 Å². The van der Waals surface area contributed by atoms with E-state index in [2.05, 4.69) is 4.98 Å². The molecule has 0 aliphatic carbocycles. The highest BCUT2D eigenvalue weighted by atomic mass is 19.3. The van der Waals surface area contributed by atoms with Gasteiger partial charge >= 0.3 is 0 Å². The van der Waals surface area contributed by atoms with Crippen molar-refractivity contribution >= 4 is 0 Å². The molecule has 0 radical (unpaired) electrons.